The van der Waals surface area contributed by atoms with E-state index in [1.165, 1.54) is 6.92 Å². The van der Waals surface area contributed by atoms with Crippen LogP contribution in [-0.4, -0.2) is 16.1 Å². The summed E-state index contributed by atoms with van der Waals surface area (Å²) in [5.41, 5.74) is 2.85. The first-order valence-corrected chi connectivity index (χ1v) is 8.04. The van der Waals surface area contributed by atoms with Gasteiger partial charge in [-0.05, 0) is 50.2 Å². The molecule has 4 heteroatoms. The van der Waals surface area contributed by atoms with Crippen LogP contribution in [0, 0.1) is 0 Å². The highest BCUT2D eigenvalue weighted by molar-refractivity contribution is 9.10. The fourth-order valence-corrected chi connectivity index (χ4v) is 3.28. The standard InChI is InChI=1S/C18H16BrNO2/c1-3-20-16-6-4-12(18(22)8-11(2)21)9-14(16)15-10-13(19)5-7-17(15)20/h4-7,9-10H,3,8H2,1-2H3. The van der Waals surface area contributed by atoms with Crippen LogP contribution in [0.2, 0.25) is 0 Å². The number of Topliss-reactive ketones (excluding diaryl/α,β-unsaturated/α-hetero) is 2. The molecule has 0 atom stereocenters. The van der Waals surface area contributed by atoms with Crippen molar-refractivity contribution in [3.05, 3.63) is 46.4 Å². The van der Waals surface area contributed by atoms with Gasteiger partial charge in [-0.15, -0.1) is 0 Å². The van der Waals surface area contributed by atoms with Crippen LogP contribution in [-0.2, 0) is 11.3 Å². The van der Waals surface area contributed by atoms with Crippen molar-refractivity contribution < 1.29 is 9.59 Å². The molecule has 0 radical (unpaired) electrons. The second-order valence-corrected chi connectivity index (χ2v) is 6.36. The molecular formula is C18H16BrNO2. The van der Waals surface area contributed by atoms with Gasteiger partial charge in [-0.1, -0.05) is 15.9 Å². The summed E-state index contributed by atoms with van der Waals surface area (Å²) in [4.78, 5) is 23.3. The van der Waals surface area contributed by atoms with Crippen LogP contribution in [0.4, 0.5) is 0 Å². The highest BCUT2D eigenvalue weighted by Gasteiger charge is 2.14. The van der Waals surface area contributed by atoms with Gasteiger partial charge in [0.25, 0.3) is 0 Å². The van der Waals surface area contributed by atoms with E-state index in [1.807, 2.05) is 24.3 Å². The molecule has 2 aromatic carbocycles. The Balaban J connectivity index is 2.27. The second-order valence-electron chi connectivity index (χ2n) is 5.44. The van der Waals surface area contributed by atoms with Crippen molar-refractivity contribution in [1.82, 2.24) is 4.57 Å². The van der Waals surface area contributed by atoms with Gasteiger partial charge in [-0.25, -0.2) is 0 Å². The van der Waals surface area contributed by atoms with Crippen molar-refractivity contribution in [2.45, 2.75) is 26.8 Å². The van der Waals surface area contributed by atoms with Crippen molar-refractivity contribution in [3.8, 4) is 0 Å². The van der Waals surface area contributed by atoms with E-state index in [4.69, 9.17) is 0 Å². The molecule has 112 valence electrons. The van der Waals surface area contributed by atoms with Gasteiger partial charge in [0.05, 0.1) is 6.42 Å². The molecular weight excluding hydrogens is 342 g/mol. The quantitative estimate of drug-likeness (QED) is 0.499. The number of ketones is 2. The Hall–Kier alpha value is -1.94. The molecule has 0 unspecified atom stereocenters. The van der Waals surface area contributed by atoms with Crippen LogP contribution in [0.5, 0.6) is 0 Å². The number of carbonyl (C=O) groups is 2. The van der Waals surface area contributed by atoms with Crippen molar-refractivity contribution in [3.63, 3.8) is 0 Å². The topological polar surface area (TPSA) is 39.1 Å². The van der Waals surface area contributed by atoms with Crippen LogP contribution in [0.15, 0.2) is 40.9 Å². The van der Waals surface area contributed by atoms with Crippen LogP contribution in [0.3, 0.4) is 0 Å². The van der Waals surface area contributed by atoms with Gasteiger partial charge in [0.1, 0.15) is 5.78 Å². The fraction of sp³-hybridized carbons (Fsp3) is 0.222. The molecule has 3 nitrogen and oxygen atoms in total. The molecule has 0 N–H and O–H groups in total. The lowest BCUT2D eigenvalue weighted by Gasteiger charge is -2.03. The van der Waals surface area contributed by atoms with Crippen molar-refractivity contribution in [2.24, 2.45) is 0 Å². The molecule has 3 rings (SSSR count). The van der Waals surface area contributed by atoms with E-state index in [9.17, 15) is 9.59 Å². The first-order valence-electron chi connectivity index (χ1n) is 7.25. The maximum absolute atomic E-state index is 12.1. The fourth-order valence-electron chi connectivity index (χ4n) is 2.92. The highest BCUT2D eigenvalue weighted by Crippen LogP contribution is 2.32. The molecule has 0 amide bonds. The Bertz CT molecular complexity index is 908. The average molecular weight is 358 g/mol. The van der Waals surface area contributed by atoms with Gasteiger partial charge in [-0.2, -0.15) is 0 Å². The van der Waals surface area contributed by atoms with Gasteiger partial charge >= 0.3 is 0 Å². The lowest BCUT2D eigenvalue weighted by molar-refractivity contribution is -0.116. The number of halogens is 1. The van der Waals surface area contributed by atoms with E-state index in [1.54, 1.807) is 0 Å². The smallest absolute Gasteiger partial charge is 0.170 e. The summed E-state index contributed by atoms with van der Waals surface area (Å²) in [6.45, 7) is 4.41. The number of fused-ring (bicyclic) bond motifs is 3. The lowest BCUT2D eigenvalue weighted by Crippen LogP contribution is -2.04. The average Bonchev–Trinajstić information content (AvgIpc) is 2.78. The SMILES string of the molecule is CCn1c2ccc(Br)cc2c2cc(C(=O)CC(C)=O)ccc21. The van der Waals surface area contributed by atoms with Gasteiger partial charge in [0.2, 0.25) is 0 Å². The van der Waals surface area contributed by atoms with E-state index in [0.717, 1.165) is 32.8 Å². The third-order valence-electron chi connectivity index (χ3n) is 3.87. The summed E-state index contributed by atoms with van der Waals surface area (Å²) in [5, 5.41) is 2.16. The first-order chi connectivity index (χ1) is 10.5. The molecule has 0 saturated heterocycles. The van der Waals surface area contributed by atoms with Crippen molar-refractivity contribution in [2.75, 3.05) is 0 Å². The maximum Gasteiger partial charge on any atom is 0.170 e. The number of aryl methyl sites for hydroxylation is 1. The molecule has 0 aliphatic rings. The van der Waals surface area contributed by atoms with E-state index >= 15 is 0 Å². The van der Waals surface area contributed by atoms with Crippen LogP contribution in [0.1, 0.15) is 30.6 Å². The first kappa shape index (κ1) is 15.0. The summed E-state index contributed by atoms with van der Waals surface area (Å²) in [5.74, 6) is -0.231. The number of nitrogens with zero attached hydrogens (tertiary/aromatic N) is 1. The zero-order chi connectivity index (χ0) is 15.9. The van der Waals surface area contributed by atoms with Crippen LogP contribution >= 0.6 is 15.9 Å². The number of aromatic nitrogens is 1. The Kier molecular flexibility index (Phi) is 3.87. The zero-order valence-electron chi connectivity index (χ0n) is 12.5. The highest BCUT2D eigenvalue weighted by atomic mass is 79.9. The largest absolute Gasteiger partial charge is 0.341 e. The third kappa shape index (κ3) is 2.48. The van der Waals surface area contributed by atoms with Gasteiger partial charge in [0, 0.05) is 38.4 Å². The summed E-state index contributed by atoms with van der Waals surface area (Å²) < 4.78 is 3.24. The minimum absolute atomic E-state index is 0.0401. The van der Waals surface area contributed by atoms with E-state index in [0.29, 0.717) is 5.56 Å². The summed E-state index contributed by atoms with van der Waals surface area (Å²) >= 11 is 3.51. The molecule has 0 fully saturated rings. The van der Waals surface area contributed by atoms with Gasteiger partial charge in [-0.3, -0.25) is 9.59 Å². The predicted octanol–water partition coefficient (Wildman–Crippen LogP) is 4.74. The minimum Gasteiger partial charge on any atom is -0.341 e. The Morgan fingerprint density at radius 2 is 1.68 bits per heavy atom. The van der Waals surface area contributed by atoms with E-state index in [-0.39, 0.29) is 18.0 Å². The van der Waals surface area contributed by atoms with Crippen molar-refractivity contribution >= 4 is 49.3 Å². The Labute approximate surface area is 137 Å². The van der Waals surface area contributed by atoms with Gasteiger partial charge in [0.15, 0.2) is 5.78 Å². The van der Waals surface area contributed by atoms with Crippen molar-refractivity contribution in [1.29, 1.82) is 0 Å². The predicted molar refractivity (Wildman–Crippen MR) is 92.4 cm³/mol. The summed E-state index contributed by atoms with van der Waals surface area (Å²) in [6.07, 6.45) is -0.0401. The van der Waals surface area contributed by atoms with E-state index < -0.39 is 0 Å². The summed E-state index contributed by atoms with van der Waals surface area (Å²) in [7, 11) is 0. The number of rotatable bonds is 4. The Morgan fingerprint density at radius 3 is 2.32 bits per heavy atom. The van der Waals surface area contributed by atoms with Crippen LogP contribution in [0.25, 0.3) is 21.8 Å². The molecule has 0 aliphatic heterocycles. The normalized spacial score (nSPS) is 11.2. The Morgan fingerprint density at radius 1 is 1.05 bits per heavy atom. The second kappa shape index (κ2) is 5.69. The molecule has 0 saturated carbocycles. The molecule has 1 aromatic heterocycles. The zero-order valence-corrected chi connectivity index (χ0v) is 14.1. The number of hydrogen-bond acceptors (Lipinski definition) is 2. The molecule has 1 heterocycles. The molecule has 0 bridgehead atoms. The van der Waals surface area contributed by atoms with Crippen LogP contribution < -0.4 is 0 Å². The number of hydrogen-bond donors (Lipinski definition) is 0. The third-order valence-corrected chi connectivity index (χ3v) is 4.37. The maximum atomic E-state index is 12.1. The van der Waals surface area contributed by atoms with Gasteiger partial charge < -0.3 is 4.57 Å². The molecule has 0 spiro atoms. The number of carbonyl (C=O) groups excluding carboxylic acids is 2. The molecule has 0 aliphatic carbocycles. The van der Waals surface area contributed by atoms with E-state index in [2.05, 4.69) is 39.6 Å². The summed E-state index contributed by atoms with van der Waals surface area (Å²) in [6, 6.07) is 11.9. The molecule has 3 aromatic rings. The number of benzene rings is 2. The lowest BCUT2D eigenvalue weighted by atomic mass is 10.0. The monoisotopic (exact) mass is 357 g/mol. The molecule has 22 heavy (non-hydrogen) atoms. The minimum atomic E-state index is -0.123.